The predicted octanol–water partition coefficient (Wildman–Crippen LogP) is 2.43. The first-order valence-electron chi connectivity index (χ1n) is 6.27. The molecule has 5 heteroatoms. The van der Waals surface area contributed by atoms with Crippen LogP contribution >= 0.6 is 15.9 Å². The van der Waals surface area contributed by atoms with Crippen LogP contribution in [0.2, 0.25) is 0 Å². The molecule has 0 saturated heterocycles. The number of nitrogens with one attached hydrogen (secondary N) is 1. The van der Waals surface area contributed by atoms with Crippen LogP contribution in [0.4, 0.5) is 0 Å². The summed E-state index contributed by atoms with van der Waals surface area (Å²) < 4.78 is 2.58. The van der Waals surface area contributed by atoms with Gasteiger partial charge < -0.3 is 15.0 Å². The number of aryl methyl sites for hydroxylation is 1. The molecule has 0 aliphatic heterocycles. The van der Waals surface area contributed by atoms with Gasteiger partial charge in [-0.2, -0.15) is 0 Å². The molecule has 0 spiro atoms. The third kappa shape index (κ3) is 2.94. The van der Waals surface area contributed by atoms with Gasteiger partial charge in [0.15, 0.2) is 0 Å². The molecule has 0 aliphatic carbocycles. The summed E-state index contributed by atoms with van der Waals surface area (Å²) in [4.78, 5) is 12.4. The van der Waals surface area contributed by atoms with E-state index in [2.05, 4.69) is 21.2 Å². The van der Waals surface area contributed by atoms with Crippen molar-refractivity contribution in [3.8, 4) is 0 Å². The van der Waals surface area contributed by atoms with Gasteiger partial charge in [-0.25, -0.2) is 0 Å². The molecule has 0 bridgehead atoms. The van der Waals surface area contributed by atoms with Gasteiger partial charge in [-0.15, -0.1) is 0 Å². The number of carbonyl (C=O) groups is 1. The van der Waals surface area contributed by atoms with Crippen molar-refractivity contribution >= 4 is 21.8 Å². The number of hydrogen-bond acceptors (Lipinski definition) is 2. The third-order valence-electron chi connectivity index (χ3n) is 3.32. The lowest BCUT2D eigenvalue weighted by Gasteiger charge is -2.29. The van der Waals surface area contributed by atoms with Crippen molar-refractivity contribution in [1.29, 1.82) is 0 Å². The van der Waals surface area contributed by atoms with E-state index in [1.807, 2.05) is 36.5 Å². The fourth-order valence-electron chi connectivity index (χ4n) is 2.07. The average molecular weight is 337 g/mol. The number of halogens is 1. The minimum Gasteiger partial charge on any atom is -0.394 e. The lowest BCUT2D eigenvalue weighted by Crippen LogP contribution is -2.46. The van der Waals surface area contributed by atoms with Gasteiger partial charge in [-0.05, 0) is 34.5 Å². The first-order valence-corrected chi connectivity index (χ1v) is 7.06. The molecule has 1 atom stereocenters. The molecule has 2 rings (SSSR count). The van der Waals surface area contributed by atoms with Gasteiger partial charge in [0.2, 0.25) is 0 Å². The first kappa shape index (κ1) is 14.8. The second-order valence-corrected chi connectivity index (χ2v) is 5.88. The van der Waals surface area contributed by atoms with Crippen LogP contribution in [0.3, 0.4) is 0 Å². The lowest BCUT2D eigenvalue weighted by molar-refractivity contribution is 0.0841. The molecule has 1 heterocycles. The highest BCUT2D eigenvalue weighted by Gasteiger charge is 2.28. The fraction of sp³-hybridized carbons (Fsp3) is 0.267. The smallest absolute Gasteiger partial charge is 0.268 e. The maximum atomic E-state index is 12.4. The van der Waals surface area contributed by atoms with Gasteiger partial charge in [0.25, 0.3) is 5.91 Å². The SMILES string of the molecule is Cn1cc(Br)cc1C(=O)NC(C)(CO)c1ccccc1. The normalized spacial score (nSPS) is 13.8. The number of amides is 1. The van der Waals surface area contributed by atoms with Crippen LogP contribution in [0.1, 0.15) is 23.0 Å². The number of nitrogens with zero attached hydrogens (tertiary/aromatic N) is 1. The van der Waals surface area contributed by atoms with Crippen molar-refractivity contribution in [2.24, 2.45) is 7.05 Å². The van der Waals surface area contributed by atoms with Gasteiger partial charge >= 0.3 is 0 Å². The summed E-state index contributed by atoms with van der Waals surface area (Å²) in [6, 6.07) is 11.2. The monoisotopic (exact) mass is 336 g/mol. The molecule has 1 aromatic heterocycles. The second kappa shape index (κ2) is 5.81. The summed E-state index contributed by atoms with van der Waals surface area (Å²) in [5.41, 5.74) is 0.589. The number of aliphatic hydroxyl groups is 1. The highest BCUT2D eigenvalue weighted by atomic mass is 79.9. The summed E-state index contributed by atoms with van der Waals surface area (Å²) in [6.45, 7) is 1.63. The van der Waals surface area contributed by atoms with Crippen molar-refractivity contribution in [3.05, 3.63) is 58.3 Å². The maximum absolute atomic E-state index is 12.4. The molecular formula is C15H17BrN2O2. The molecule has 1 aromatic carbocycles. The summed E-state index contributed by atoms with van der Waals surface area (Å²) >= 11 is 3.34. The molecule has 0 aliphatic rings. The van der Waals surface area contributed by atoms with Crippen molar-refractivity contribution in [2.75, 3.05) is 6.61 Å². The van der Waals surface area contributed by atoms with Crippen LogP contribution in [0, 0.1) is 0 Å². The number of rotatable bonds is 4. The van der Waals surface area contributed by atoms with Gasteiger partial charge in [0, 0.05) is 17.7 Å². The summed E-state index contributed by atoms with van der Waals surface area (Å²) in [5.74, 6) is -0.224. The molecular weight excluding hydrogens is 320 g/mol. The van der Waals surface area contributed by atoms with E-state index < -0.39 is 5.54 Å². The van der Waals surface area contributed by atoms with Crippen LogP contribution in [-0.4, -0.2) is 22.2 Å². The Kier molecular flexibility index (Phi) is 4.30. The quantitative estimate of drug-likeness (QED) is 0.900. The van der Waals surface area contributed by atoms with E-state index in [-0.39, 0.29) is 12.5 Å². The van der Waals surface area contributed by atoms with E-state index in [1.54, 1.807) is 24.6 Å². The van der Waals surface area contributed by atoms with E-state index in [1.165, 1.54) is 0 Å². The van der Waals surface area contributed by atoms with Crippen LogP contribution < -0.4 is 5.32 Å². The first-order chi connectivity index (χ1) is 9.46. The van der Waals surface area contributed by atoms with E-state index in [0.29, 0.717) is 5.69 Å². The van der Waals surface area contributed by atoms with Gasteiger partial charge in [-0.1, -0.05) is 30.3 Å². The Bertz CT molecular complexity index is 610. The van der Waals surface area contributed by atoms with E-state index in [0.717, 1.165) is 10.0 Å². The lowest BCUT2D eigenvalue weighted by atomic mass is 9.93. The zero-order valence-electron chi connectivity index (χ0n) is 11.4. The number of carbonyl (C=O) groups excluding carboxylic acids is 1. The van der Waals surface area contributed by atoms with Gasteiger partial charge in [0.1, 0.15) is 5.69 Å². The minimum absolute atomic E-state index is 0.172. The topological polar surface area (TPSA) is 54.3 Å². The Hall–Kier alpha value is -1.59. The van der Waals surface area contributed by atoms with Crippen molar-refractivity contribution in [3.63, 3.8) is 0 Å². The Morgan fingerprint density at radius 3 is 2.55 bits per heavy atom. The fourth-order valence-corrected chi connectivity index (χ4v) is 2.60. The number of benzene rings is 1. The maximum Gasteiger partial charge on any atom is 0.268 e. The van der Waals surface area contributed by atoms with Crippen LogP contribution in [0.25, 0.3) is 0 Å². The van der Waals surface area contributed by atoms with E-state index in [4.69, 9.17) is 0 Å². The van der Waals surface area contributed by atoms with Crippen LogP contribution in [0.15, 0.2) is 47.1 Å². The Labute approximate surface area is 126 Å². The molecule has 0 saturated carbocycles. The summed E-state index contributed by atoms with van der Waals surface area (Å²) in [6.07, 6.45) is 1.81. The van der Waals surface area contributed by atoms with E-state index >= 15 is 0 Å². The third-order valence-corrected chi connectivity index (χ3v) is 3.75. The van der Waals surface area contributed by atoms with Crippen molar-refractivity contribution in [1.82, 2.24) is 9.88 Å². The molecule has 1 amide bonds. The van der Waals surface area contributed by atoms with Gasteiger partial charge in [-0.3, -0.25) is 4.79 Å². The van der Waals surface area contributed by atoms with Crippen LogP contribution in [0.5, 0.6) is 0 Å². The number of aromatic nitrogens is 1. The Morgan fingerprint density at radius 1 is 1.40 bits per heavy atom. The zero-order valence-corrected chi connectivity index (χ0v) is 13.0. The van der Waals surface area contributed by atoms with Gasteiger partial charge in [0.05, 0.1) is 12.1 Å². The number of aliphatic hydroxyl groups excluding tert-OH is 1. The molecule has 4 nitrogen and oxygen atoms in total. The zero-order chi connectivity index (χ0) is 14.8. The average Bonchev–Trinajstić information content (AvgIpc) is 2.78. The molecule has 106 valence electrons. The molecule has 0 fully saturated rings. The minimum atomic E-state index is -0.810. The standard InChI is InChI=1S/C15H17BrN2O2/c1-15(10-19,11-6-4-3-5-7-11)17-14(20)13-8-12(16)9-18(13)2/h3-9,19H,10H2,1-2H3,(H,17,20). The second-order valence-electron chi connectivity index (χ2n) is 4.96. The molecule has 20 heavy (non-hydrogen) atoms. The summed E-state index contributed by atoms with van der Waals surface area (Å²) in [7, 11) is 1.80. The van der Waals surface area contributed by atoms with Crippen molar-refractivity contribution < 1.29 is 9.90 Å². The molecule has 0 radical (unpaired) electrons. The highest BCUT2D eigenvalue weighted by Crippen LogP contribution is 2.21. The number of hydrogen-bond donors (Lipinski definition) is 2. The Morgan fingerprint density at radius 2 is 2.05 bits per heavy atom. The molecule has 2 N–H and O–H groups in total. The Balaban J connectivity index is 2.26. The predicted molar refractivity (Wildman–Crippen MR) is 81.5 cm³/mol. The largest absolute Gasteiger partial charge is 0.394 e. The van der Waals surface area contributed by atoms with E-state index in [9.17, 15) is 9.90 Å². The molecule has 1 unspecified atom stereocenters. The molecule has 2 aromatic rings. The highest BCUT2D eigenvalue weighted by molar-refractivity contribution is 9.10. The van der Waals surface area contributed by atoms with Crippen LogP contribution in [-0.2, 0) is 12.6 Å². The van der Waals surface area contributed by atoms with Crippen molar-refractivity contribution in [2.45, 2.75) is 12.5 Å². The summed E-state index contributed by atoms with van der Waals surface area (Å²) in [5, 5.41) is 12.6.